The van der Waals surface area contributed by atoms with Gasteiger partial charge in [0.25, 0.3) is 0 Å². The van der Waals surface area contributed by atoms with E-state index in [4.69, 9.17) is 14.3 Å². The van der Waals surface area contributed by atoms with Crippen LogP contribution in [0.1, 0.15) is 5.56 Å². The molecular formula is C9H15NO3. The van der Waals surface area contributed by atoms with E-state index in [0.29, 0.717) is 13.2 Å². The SMILES string of the molecule is COCC(CO)NCc1ccoc1. The number of hydrogen-bond acceptors (Lipinski definition) is 4. The number of ether oxygens (including phenoxy) is 1. The molecular weight excluding hydrogens is 170 g/mol. The topological polar surface area (TPSA) is 54.6 Å². The third kappa shape index (κ3) is 3.59. The summed E-state index contributed by atoms with van der Waals surface area (Å²) in [4.78, 5) is 0. The summed E-state index contributed by atoms with van der Waals surface area (Å²) in [5.74, 6) is 0. The molecule has 0 aliphatic rings. The fourth-order valence-corrected chi connectivity index (χ4v) is 1.03. The van der Waals surface area contributed by atoms with E-state index in [1.165, 1.54) is 0 Å². The zero-order valence-electron chi connectivity index (χ0n) is 7.69. The second-order valence-electron chi connectivity index (χ2n) is 2.85. The number of aliphatic hydroxyl groups is 1. The van der Waals surface area contributed by atoms with Crippen LogP contribution in [0.2, 0.25) is 0 Å². The van der Waals surface area contributed by atoms with Gasteiger partial charge in [0.2, 0.25) is 0 Å². The molecule has 74 valence electrons. The summed E-state index contributed by atoms with van der Waals surface area (Å²) in [5, 5.41) is 12.1. The largest absolute Gasteiger partial charge is 0.472 e. The summed E-state index contributed by atoms with van der Waals surface area (Å²) >= 11 is 0. The Labute approximate surface area is 77.5 Å². The van der Waals surface area contributed by atoms with E-state index in [0.717, 1.165) is 5.56 Å². The van der Waals surface area contributed by atoms with Crippen molar-refractivity contribution < 1.29 is 14.3 Å². The number of aliphatic hydroxyl groups excluding tert-OH is 1. The molecule has 1 aromatic rings. The van der Waals surface area contributed by atoms with E-state index in [2.05, 4.69) is 5.32 Å². The first-order valence-corrected chi connectivity index (χ1v) is 4.21. The number of hydrogen-bond donors (Lipinski definition) is 2. The Morgan fingerprint density at radius 2 is 2.54 bits per heavy atom. The van der Waals surface area contributed by atoms with Crippen LogP contribution in [0.15, 0.2) is 23.0 Å². The molecule has 0 bridgehead atoms. The Morgan fingerprint density at radius 3 is 3.08 bits per heavy atom. The first-order chi connectivity index (χ1) is 6.36. The van der Waals surface area contributed by atoms with Crippen molar-refractivity contribution in [2.24, 2.45) is 0 Å². The highest BCUT2D eigenvalue weighted by Gasteiger charge is 2.05. The predicted octanol–water partition coefficient (Wildman–Crippen LogP) is 0.376. The molecule has 1 heterocycles. The van der Waals surface area contributed by atoms with Crippen molar-refractivity contribution in [2.75, 3.05) is 20.3 Å². The molecule has 4 heteroatoms. The van der Waals surface area contributed by atoms with Gasteiger partial charge in [-0.1, -0.05) is 0 Å². The standard InChI is InChI=1S/C9H15NO3/c1-12-7-9(5-11)10-4-8-2-3-13-6-8/h2-3,6,9-11H,4-5,7H2,1H3. The molecule has 0 aliphatic heterocycles. The number of nitrogens with one attached hydrogen (secondary N) is 1. The van der Waals surface area contributed by atoms with Gasteiger partial charge in [-0.2, -0.15) is 0 Å². The molecule has 0 aliphatic carbocycles. The molecule has 2 N–H and O–H groups in total. The molecule has 0 aromatic carbocycles. The lowest BCUT2D eigenvalue weighted by Crippen LogP contribution is -2.35. The van der Waals surface area contributed by atoms with Crippen molar-refractivity contribution in [1.29, 1.82) is 0 Å². The Kier molecular flexibility index (Phi) is 4.53. The van der Waals surface area contributed by atoms with E-state index < -0.39 is 0 Å². The lowest BCUT2D eigenvalue weighted by Gasteiger charge is -2.13. The minimum absolute atomic E-state index is 0.0140. The van der Waals surface area contributed by atoms with Gasteiger partial charge in [-0.25, -0.2) is 0 Å². The lowest BCUT2D eigenvalue weighted by atomic mass is 10.3. The number of methoxy groups -OCH3 is 1. The molecule has 1 atom stereocenters. The monoisotopic (exact) mass is 185 g/mol. The van der Waals surface area contributed by atoms with E-state index >= 15 is 0 Å². The van der Waals surface area contributed by atoms with Gasteiger partial charge >= 0.3 is 0 Å². The second-order valence-corrected chi connectivity index (χ2v) is 2.85. The van der Waals surface area contributed by atoms with Crippen LogP contribution in [0.25, 0.3) is 0 Å². The molecule has 0 radical (unpaired) electrons. The molecule has 1 aromatic heterocycles. The smallest absolute Gasteiger partial charge is 0.0947 e. The maximum Gasteiger partial charge on any atom is 0.0947 e. The van der Waals surface area contributed by atoms with Crippen LogP contribution >= 0.6 is 0 Å². The van der Waals surface area contributed by atoms with Crippen molar-refractivity contribution in [3.05, 3.63) is 24.2 Å². The van der Waals surface area contributed by atoms with Gasteiger partial charge in [0.05, 0.1) is 31.8 Å². The number of rotatable bonds is 6. The van der Waals surface area contributed by atoms with Crippen LogP contribution in [0, 0.1) is 0 Å². The van der Waals surface area contributed by atoms with Gasteiger partial charge in [0, 0.05) is 19.2 Å². The number of furan rings is 1. The summed E-state index contributed by atoms with van der Waals surface area (Å²) in [7, 11) is 1.61. The highest BCUT2D eigenvalue weighted by atomic mass is 16.5. The van der Waals surface area contributed by atoms with Crippen LogP contribution in [0.3, 0.4) is 0 Å². The average Bonchev–Trinajstić information content (AvgIpc) is 2.64. The minimum Gasteiger partial charge on any atom is -0.472 e. The Bertz CT molecular complexity index is 211. The predicted molar refractivity (Wildman–Crippen MR) is 48.3 cm³/mol. The summed E-state index contributed by atoms with van der Waals surface area (Å²) in [5.41, 5.74) is 1.06. The molecule has 0 saturated heterocycles. The summed E-state index contributed by atoms with van der Waals surface area (Å²) in [6, 6.07) is 1.87. The Morgan fingerprint density at radius 1 is 1.69 bits per heavy atom. The Balaban J connectivity index is 2.23. The van der Waals surface area contributed by atoms with Crippen LogP contribution < -0.4 is 5.32 Å². The van der Waals surface area contributed by atoms with E-state index in [-0.39, 0.29) is 12.6 Å². The van der Waals surface area contributed by atoms with Crippen molar-refractivity contribution in [3.8, 4) is 0 Å². The van der Waals surface area contributed by atoms with Crippen LogP contribution in [-0.4, -0.2) is 31.5 Å². The van der Waals surface area contributed by atoms with Gasteiger partial charge in [0.15, 0.2) is 0 Å². The maximum atomic E-state index is 8.92. The van der Waals surface area contributed by atoms with E-state index in [1.807, 2.05) is 6.07 Å². The second kappa shape index (κ2) is 5.75. The third-order valence-electron chi connectivity index (χ3n) is 1.76. The zero-order valence-corrected chi connectivity index (χ0v) is 7.69. The molecule has 0 saturated carbocycles. The highest BCUT2D eigenvalue weighted by molar-refractivity contribution is 5.04. The van der Waals surface area contributed by atoms with Gasteiger partial charge in [-0.15, -0.1) is 0 Å². The molecule has 13 heavy (non-hydrogen) atoms. The van der Waals surface area contributed by atoms with Crippen molar-refractivity contribution in [2.45, 2.75) is 12.6 Å². The van der Waals surface area contributed by atoms with Gasteiger partial charge < -0.3 is 19.6 Å². The van der Waals surface area contributed by atoms with Crippen LogP contribution in [-0.2, 0) is 11.3 Å². The lowest BCUT2D eigenvalue weighted by molar-refractivity contribution is 0.128. The summed E-state index contributed by atoms with van der Waals surface area (Å²) in [6.07, 6.45) is 3.30. The van der Waals surface area contributed by atoms with E-state index in [1.54, 1.807) is 19.6 Å². The molecule has 0 fully saturated rings. The fraction of sp³-hybridized carbons (Fsp3) is 0.556. The zero-order chi connectivity index (χ0) is 9.52. The molecule has 1 rings (SSSR count). The van der Waals surface area contributed by atoms with E-state index in [9.17, 15) is 0 Å². The Hall–Kier alpha value is -0.840. The quantitative estimate of drug-likeness (QED) is 0.672. The van der Waals surface area contributed by atoms with Gasteiger partial charge in [0.1, 0.15) is 0 Å². The molecule has 0 amide bonds. The highest BCUT2D eigenvalue weighted by Crippen LogP contribution is 1.99. The maximum absolute atomic E-state index is 8.92. The molecule has 1 unspecified atom stereocenters. The summed E-state index contributed by atoms with van der Waals surface area (Å²) < 4.78 is 9.83. The van der Waals surface area contributed by atoms with Crippen molar-refractivity contribution in [1.82, 2.24) is 5.32 Å². The first-order valence-electron chi connectivity index (χ1n) is 4.21. The van der Waals surface area contributed by atoms with Crippen LogP contribution in [0.4, 0.5) is 0 Å². The minimum atomic E-state index is -0.0140. The fourth-order valence-electron chi connectivity index (χ4n) is 1.03. The average molecular weight is 185 g/mol. The van der Waals surface area contributed by atoms with Crippen molar-refractivity contribution in [3.63, 3.8) is 0 Å². The van der Waals surface area contributed by atoms with Gasteiger partial charge in [-0.3, -0.25) is 0 Å². The third-order valence-corrected chi connectivity index (χ3v) is 1.76. The first kappa shape index (κ1) is 10.2. The van der Waals surface area contributed by atoms with Crippen LogP contribution in [0.5, 0.6) is 0 Å². The molecule has 4 nitrogen and oxygen atoms in total. The molecule has 0 spiro atoms. The summed E-state index contributed by atoms with van der Waals surface area (Å²) in [6.45, 7) is 1.27. The van der Waals surface area contributed by atoms with Crippen molar-refractivity contribution >= 4 is 0 Å². The van der Waals surface area contributed by atoms with Gasteiger partial charge in [-0.05, 0) is 6.07 Å². The normalized spacial score (nSPS) is 13.1.